The van der Waals surface area contributed by atoms with Gasteiger partial charge in [-0.25, -0.2) is 0 Å². The van der Waals surface area contributed by atoms with E-state index in [1.807, 2.05) is 23.5 Å². The van der Waals surface area contributed by atoms with Gasteiger partial charge in [-0.3, -0.25) is 0 Å². The molecule has 1 aromatic carbocycles. The molecule has 0 saturated carbocycles. The van der Waals surface area contributed by atoms with Crippen molar-refractivity contribution in [3.63, 3.8) is 0 Å². The highest BCUT2D eigenvalue weighted by atomic mass is 79.9. The Hall–Kier alpha value is 0.320. The van der Waals surface area contributed by atoms with E-state index in [9.17, 15) is 0 Å². The highest BCUT2D eigenvalue weighted by Gasteiger charge is 2.41. The zero-order chi connectivity index (χ0) is 14.7. The van der Waals surface area contributed by atoms with Gasteiger partial charge in [-0.1, -0.05) is 15.9 Å². The van der Waals surface area contributed by atoms with Gasteiger partial charge in [0.15, 0.2) is 0 Å². The van der Waals surface area contributed by atoms with Crippen LogP contribution in [0, 0.1) is 5.92 Å². The molecule has 2 nitrogen and oxygen atoms in total. The van der Waals surface area contributed by atoms with Crippen molar-refractivity contribution < 1.29 is 4.74 Å². The lowest BCUT2D eigenvalue weighted by Crippen LogP contribution is -2.46. The normalized spacial score (nSPS) is 30.7. The van der Waals surface area contributed by atoms with Crippen molar-refractivity contribution in [2.45, 2.75) is 35.8 Å². The Labute approximate surface area is 144 Å². The fourth-order valence-corrected chi connectivity index (χ4v) is 5.78. The van der Waals surface area contributed by atoms with Crippen molar-refractivity contribution in [2.24, 2.45) is 11.7 Å². The highest BCUT2D eigenvalue weighted by Crippen LogP contribution is 2.41. The second-order valence-electron chi connectivity index (χ2n) is 6.02. The molecular formula is C16H22BrNOS2. The first-order valence-electron chi connectivity index (χ1n) is 7.53. The average molecular weight is 388 g/mol. The lowest BCUT2D eigenvalue weighted by molar-refractivity contribution is -0.0820. The summed E-state index contributed by atoms with van der Waals surface area (Å²) in [6.45, 7) is 0.891. The number of nitrogens with two attached hydrogens (primary N) is 1. The lowest BCUT2D eigenvalue weighted by atomic mass is 9.82. The molecule has 1 spiro atoms. The topological polar surface area (TPSA) is 35.2 Å². The first-order valence-corrected chi connectivity index (χ1v) is 10.5. The van der Waals surface area contributed by atoms with E-state index in [4.69, 9.17) is 10.5 Å². The molecule has 0 bridgehead atoms. The van der Waals surface area contributed by atoms with Crippen LogP contribution in [0.1, 0.15) is 19.3 Å². The third kappa shape index (κ3) is 4.20. The first-order chi connectivity index (χ1) is 10.2. The lowest BCUT2D eigenvalue weighted by Gasteiger charge is -2.40. The summed E-state index contributed by atoms with van der Waals surface area (Å²) in [6, 6.07) is 8.76. The van der Waals surface area contributed by atoms with Crippen LogP contribution in [0.5, 0.6) is 0 Å². The van der Waals surface area contributed by atoms with Crippen LogP contribution < -0.4 is 5.73 Å². The summed E-state index contributed by atoms with van der Waals surface area (Å²) in [5.41, 5.74) is 6.63. The predicted octanol–water partition coefficient (Wildman–Crippen LogP) is 4.17. The van der Waals surface area contributed by atoms with Crippen LogP contribution in [0.4, 0.5) is 0 Å². The molecule has 0 aromatic heterocycles. The highest BCUT2D eigenvalue weighted by molar-refractivity contribution is 9.10. The van der Waals surface area contributed by atoms with E-state index in [0.717, 1.165) is 35.4 Å². The SMILES string of the molecule is NC(CSc1ccc(Br)cc1)C1CCOC2(CCSC2)C1. The summed E-state index contributed by atoms with van der Waals surface area (Å²) in [4.78, 5) is 1.30. The van der Waals surface area contributed by atoms with Crippen LogP contribution >= 0.6 is 39.5 Å². The van der Waals surface area contributed by atoms with E-state index in [-0.39, 0.29) is 11.6 Å². The maximum absolute atomic E-state index is 6.48. The molecule has 3 unspecified atom stereocenters. The maximum Gasteiger partial charge on any atom is 0.0783 e. The summed E-state index contributed by atoms with van der Waals surface area (Å²) < 4.78 is 7.22. The van der Waals surface area contributed by atoms with E-state index < -0.39 is 0 Å². The van der Waals surface area contributed by atoms with Crippen molar-refractivity contribution in [1.82, 2.24) is 0 Å². The Bertz CT molecular complexity index is 462. The van der Waals surface area contributed by atoms with Gasteiger partial charge in [0, 0.05) is 33.5 Å². The smallest absolute Gasteiger partial charge is 0.0783 e. The van der Waals surface area contributed by atoms with Crippen LogP contribution in [-0.4, -0.2) is 35.5 Å². The van der Waals surface area contributed by atoms with Crippen LogP contribution in [0.3, 0.4) is 0 Å². The molecule has 5 heteroatoms. The molecule has 0 aliphatic carbocycles. The molecule has 21 heavy (non-hydrogen) atoms. The summed E-state index contributed by atoms with van der Waals surface area (Å²) >= 11 is 7.37. The Kier molecular flexibility index (Phi) is 5.60. The van der Waals surface area contributed by atoms with E-state index in [2.05, 4.69) is 40.2 Å². The van der Waals surface area contributed by atoms with Crippen molar-refractivity contribution in [2.75, 3.05) is 23.9 Å². The van der Waals surface area contributed by atoms with Gasteiger partial charge in [0.1, 0.15) is 0 Å². The first kappa shape index (κ1) is 16.2. The molecule has 3 atom stereocenters. The molecule has 0 amide bonds. The number of rotatable bonds is 4. The number of hydrogen-bond donors (Lipinski definition) is 1. The largest absolute Gasteiger partial charge is 0.374 e. The van der Waals surface area contributed by atoms with Crippen molar-refractivity contribution in [3.8, 4) is 0 Å². The maximum atomic E-state index is 6.48. The molecule has 3 rings (SSSR count). The number of halogens is 1. The minimum atomic E-state index is 0.146. The summed E-state index contributed by atoms with van der Waals surface area (Å²) in [6.07, 6.45) is 3.48. The van der Waals surface area contributed by atoms with Gasteiger partial charge in [0.05, 0.1) is 5.60 Å². The molecular weight excluding hydrogens is 366 g/mol. The molecule has 2 aliphatic heterocycles. The third-order valence-electron chi connectivity index (χ3n) is 4.46. The Balaban J connectivity index is 1.52. The summed E-state index contributed by atoms with van der Waals surface area (Å²) in [5.74, 6) is 4.02. The van der Waals surface area contributed by atoms with Gasteiger partial charge in [-0.15, -0.1) is 11.8 Å². The second-order valence-corrected chi connectivity index (χ2v) is 9.13. The van der Waals surface area contributed by atoms with Crippen LogP contribution in [0.15, 0.2) is 33.6 Å². The van der Waals surface area contributed by atoms with E-state index in [1.54, 1.807) is 0 Å². The molecule has 2 saturated heterocycles. The van der Waals surface area contributed by atoms with Crippen LogP contribution in [0.25, 0.3) is 0 Å². The number of hydrogen-bond acceptors (Lipinski definition) is 4. The molecule has 2 aliphatic rings. The molecule has 2 N–H and O–H groups in total. The second kappa shape index (κ2) is 7.26. The van der Waals surface area contributed by atoms with Gasteiger partial charge < -0.3 is 10.5 Å². The Morgan fingerprint density at radius 1 is 1.43 bits per heavy atom. The van der Waals surface area contributed by atoms with E-state index in [0.29, 0.717) is 5.92 Å². The van der Waals surface area contributed by atoms with Crippen LogP contribution in [0.2, 0.25) is 0 Å². The van der Waals surface area contributed by atoms with Crippen molar-refractivity contribution in [1.29, 1.82) is 0 Å². The molecule has 2 fully saturated rings. The zero-order valence-corrected chi connectivity index (χ0v) is 15.3. The molecule has 0 radical (unpaired) electrons. The standard InChI is InChI=1S/C16H22BrNOS2/c17-13-1-3-14(4-2-13)21-10-15(18)12-5-7-19-16(9-12)6-8-20-11-16/h1-4,12,15H,5-11,18H2. The van der Waals surface area contributed by atoms with Gasteiger partial charge in [-0.2, -0.15) is 11.8 Å². The van der Waals surface area contributed by atoms with Gasteiger partial charge in [0.2, 0.25) is 0 Å². The monoisotopic (exact) mass is 387 g/mol. The van der Waals surface area contributed by atoms with E-state index in [1.165, 1.54) is 17.1 Å². The zero-order valence-electron chi connectivity index (χ0n) is 12.1. The van der Waals surface area contributed by atoms with Gasteiger partial charge in [-0.05, 0) is 55.2 Å². The third-order valence-corrected chi connectivity index (χ3v) is 7.37. The number of benzene rings is 1. The number of thioether (sulfide) groups is 2. The van der Waals surface area contributed by atoms with Crippen LogP contribution in [-0.2, 0) is 4.74 Å². The molecule has 116 valence electrons. The van der Waals surface area contributed by atoms with Gasteiger partial charge >= 0.3 is 0 Å². The molecule has 2 heterocycles. The number of ether oxygens (including phenoxy) is 1. The van der Waals surface area contributed by atoms with Crippen molar-refractivity contribution >= 4 is 39.5 Å². The fraction of sp³-hybridized carbons (Fsp3) is 0.625. The van der Waals surface area contributed by atoms with E-state index >= 15 is 0 Å². The summed E-state index contributed by atoms with van der Waals surface area (Å²) in [5, 5.41) is 0. The quantitative estimate of drug-likeness (QED) is 0.786. The summed E-state index contributed by atoms with van der Waals surface area (Å²) in [7, 11) is 0. The van der Waals surface area contributed by atoms with Crippen molar-refractivity contribution in [3.05, 3.63) is 28.7 Å². The molecule has 1 aromatic rings. The van der Waals surface area contributed by atoms with Gasteiger partial charge in [0.25, 0.3) is 0 Å². The minimum absolute atomic E-state index is 0.146. The Morgan fingerprint density at radius 3 is 2.95 bits per heavy atom. The fourth-order valence-electron chi connectivity index (χ4n) is 3.15. The average Bonchev–Trinajstić information content (AvgIpc) is 2.94. The minimum Gasteiger partial charge on any atom is -0.374 e. The predicted molar refractivity (Wildman–Crippen MR) is 96.2 cm³/mol. The Morgan fingerprint density at radius 2 is 2.24 bits per heavy atom.